The standard InChI is InChI=1S/C24H28F3I2NO6/c1-15-4-9-19(28)18(21(15)22(31)32)13-34-10-3-11-35-14-20(23(2,29)33)30-12-16-5-7-17(8-6-16)36-24(25,26)27/h4-9,12,18-20,33H,3,10-11,13-14H2,1-2H3,(H,31,32)/t18?,19?,20?,23-/m1/s1. The van der Waals surface area contributed by atoms with E-state index in [0.717, 1.165) is 5.57 Å². The number of rotatable bonds is 13. The lowest BCUT2D eigenvalue weighted by Crippen LogP contribution is -2.35. The molecular weight excluding hydrogens is 709 g/mol. The largest absolute Gasteiger partial charge is 0.573 e. The van der Waals surface area contributed by atoms with Gasteiger partial charge in [0, 0.05) is 34.8 Å². The molecule has 0 amide bonds. The van der Waals surface area contributed by atoms with Crippen molar-refractivity contribution in [2.45, 2.75) is 40.2 Å². The third-order valence-corrected chi connectivity index (χ3v) is 7.22. The summed E-state index contributed by atoms with van der Waals surface area (Å²) in [5.41, 5.74) is 1.65. The molecule has 12 heteroatoms. The monoisotopic (exact) mass is 737 g/mol. The van der Waals surface area contributed by atoms with Crippen molar-refractivity contribution in [2.75, 3.05) is 26.4 Å². The summed E-state index contributed by atoms with van der Waals surface area (Å²) in [6.45, 7) is 4.51. The van der Waals surface area contributed by atoms with Crippen molar-refractivity contribution in [1.29, 1.82) is 0 Å². The van der Waals surface area contributed by atoms with Gasteiger partial charge in [0.2, 0.25) is 0 Å². The van der Waals surface area contributed by atoms with E-state index in [2.05, 4.69) is 32.3 Å². The molecule has 2 rings (SSSR count). The lowest BCUT2D eigenvalue weighted by molar-refractivity contribution is -0.274. The van der Waals surface area contributed by atoms with Gasteiger partial charge in [-0.15, -0.1) is 13.2 Å². The molecule has 36 heavy (non-hydrogen) atoms. The van der Waals surface area contributed by atoms with Crippen LogP contribution in [0.4, 0.5) is 13.2 Å². The molecule has 0 aromatic heterocycles. The fourth-order valence-electron chi connectivity index (χ4n) is 3.35. The second kappa shape index (κ2) is 14.1. The number of hydrogen-bond donors (Lipinski definition) is 2. The van der Waals surface area contributed by atoms with Gasteiger partial charge in [0.15, 0.2) is 0 Å². The van der Waals surface area contributed by atoms with Gasteiger partial charge in [-0.2, -0.15) is 0 Å². The molecule has 4 atom stereocenters. The molecule has 0 heterocycles. The number of halogens is 5. The Morgan fingerprint density at radius 1 is 1.22 bits per heavy atom. The minimum Gasteiger partial charge on any atom is -0.478 e. The molecule has 200 valence electrons. The van der Waals surface area contributed by atoms with Crippen LogP contribution >= 0.6 is 45.2 Å². The zero-order chi connectivity index (χ0) is 26.9. The van der Waals surface area contributed by atoms with Crippen molar-refractivity contribution < 1.29 is 42.4 Å². The van der Waals surface area contributed by atoms with E-state index in [-0.39, 0.29) is 22.2 Å². The Kier molecular flexibility index (Phi) is 12.1. The Labute approximate surface area is 235 Å². The minimum absolute atomic E-state index is 0.0338. The van der Waals surface area contributed by atoms with E-state index in [4.69, 9.17) is 9.47 Å². The Bertz CT molecular complexity index is 958. The van der Waals surface area contributed by atoms with Crippen LogP contribution in [0.25, 0.3) is 0 Å². The van der Waals surface area contributed by atoms with Gasteiger partial charge in [-0.1, -0.05) is 34.7 Å². The van der Waals surface area contributed by atoms with Crippen LogP contribution in [-0.4, -0.2) is 68.8 Å². The van der Waals surface area contributed by atoms with Crippen molar-refractivity contribution >= 4 is 57.4 Å². The highest BCUT2D eigenvalue weighted by molar-refractivity contribution is 14.1. The van der Waals surface area contributed by atoms with E-state index >= 15 is 0 Å². The molecule has 3 unspecified atom stereocenters. The van der Waals surface area contributed by atoms with Crippen LogP contribution < -0.4 is 4.74 Å². The summed E-state index contributed by atoms with van der Waals surface area (Å²) in [4.78, 5) is 15.9. The predicted molar refractivity (Wildman–Crippen MR) is 146 cm³/mol. The van der Waals surface area contributed by atoms with E-state index < -0.39 is 22.0 Å². The molecular formula is C24H28F3I2NO6. The van der Waals surface area contributed by atoms with Crippen LogP contribution in [-0.2, 0) is 14.3 Å². The molecule has 0 aliphatic heterocycles. The fourth-order valence-corrected chi connectivity index (χ4v) is 4.46. The number of benzene rings is 1. The van der Waals surface area contributed by atoms with E-state index in [1.807, 2.05) is 34.7 Å². The summed E-state index contributed by atoms with van der Waals surface area (Å²) < 4.78 is 50.9. The number of carboxylic acids is 1. The Morgan fingerprint density at radius 3 is 2.44 bits per heavy atom. The van der Waals surface area contributed by atoms with Crippen LogP contribution in [0.5, 0.6) is 5.75 Å². The smallest absolute Gasteiger partial charge is 0.478 e. The summed E-state index contributed by atoms with van der Waals surface area (Å²) >= 11 is 4.05. The summed E-state index contributed by atoms with van der Waals surface area (Å²) in [6.07, 6.45) is 1.06. The number of carbonyl (C=O) groups is 1. The zero-order valence-electron chi connectivity index (χ0n) is 19.7. The van der Waals surface area contributed by atoms with Gasteiger partial charge in [-0.05, 0) is 78.3 Å². The highest BCUT2D eigenvalue weighted by atomic mass is 127. The summed E-state index contributed by atoms with van der Waals surface area (Å²) in [5.74, 6) is -1.49. The normalized spacial score (nSPS) is 21.0. The number of hydrogen-bond acceptors (Lipinski definition) is 6. The van der Waals surface area contributed by atoms with Crippen molar-refractivity contribution in [2.24, 2.45) is 10.9 Å². The molecule has 0 fully saturated rings. The van der Waals surface area contributed by atoms with Crippen LogP contribution in [0.2, 0.25) is 0 Å². The van der Waals surface area contributed by atoms with E-state index in [1.54, 1.807) is 13.8 Å². The Hall–Kier alpha value is -1.23. The number of alkyl halides is 5. The summed E-state index contributed by atoms with van der Waals surface area (Å²) in [7, 11) is 0. The van der Waals surface area contributed by atoms with Crippen LogP contribution in [0.3, 0.4) is 0 Å². The van der Waals surface area contributed by atoms with E-state index in [0.29, 0.717) is 37.4 Å². The maximum Gasteiger partial charge on any atom is 0.573 e. The van der Waals surface area contributed by atoms with Gasteiger partial charge in [-0.25, -0.2) is 4.79 Å². The molecule has 1 aliphatic rings. The highest BCUT2D eigenvalue weighted by Crippen LogP contribution is 2.31. The predicted octanol–water partition coefficient (Wildman–Crippen LogP) is 5.33. The van der Waals surface area contributed by atoms with Crippen LogP contribution in [0, 0.1) is 5.92 Å². The topological polar surface area (TPSA) is 97.6 Å². The van der Waals surface area contributed by atoms with Crippen molar-refractivity contribution in [1.82, 2.24) is 0 Å². The molecule has 0 saturated heterocycles. The molecule has 7 nitrogen and oxygen atoms in total. The number of nitrogens with zero attached hydrogens (tertiary/aromatic N) is 1. The zero-order valence-corrected chi connectivity index (χ0v) is 24.0. The van der Waals surface area contributed by atoms with Crippen LogP contribution in [0.1, 0.15) is 25.8 Å². The fraction of sp³-hybridized carbons (Fsp3) is 0.500. The molecule has 2 N–H and O–H groups in total. The third-order valence-electron chi connectivity index (χ3n) is 5.22. The number of aliphatic hydroxyl groups is 1. The average Bonchev–Trinajstić information content (AvgIpc) is 2.76. The maximum atomic E-state index is 12.3. The first-order valence-corrected chi connectivity index (χ1v) is 13.3. The van der Waals surface area contributed by atoms with Crippen molar-refractivity contribution in [3.63, 3.8) is 0 Å². The number of aliphatic carboxylic acids is 1. The average molecular weight is 737 g/mol. The van der Waals surface area contributed by atoms with Crippen molar-refractivity contribution in [3.05, 3.63) is 53.1 Å². The highest BCUT2D eigenvalue weighted by Gasteiger charge is 2.32. The van der Waals surface area contributed by atoms with Gasteiger partial charge in [0.1, 0.15) is 15.4 Å². The van der Waals surface area contributed by atoms with E-state index in [9.17, 15) is 28.2 Å². The molecule has 0 spiro atoms. The molecule has 1 aromatic rings. The number of allylic oxidation sites excluding steroid dienone is 3. The van der Waals surface area contributed by atoms with Gasteiger partial charge in [-0.3, -0.25) is 4.99 Å². The summed E-state index contributed by atoms with van der Waals surface area (Å²) in [6, 6.07) is 4.60. The van der Waals surface area contributed by atoms with Gasteiger partial charge in [0.05, 0.1) is 13.2 Å². The molecule has 1 aromatic carbocycles. The molecule has 0 saturated carbocycles. The van der Waals surface area contributed by atoms with E-state index in [1.165, 1.54) is 30.5 Å². The number of ether oxygens (including phenoxy) is 3. The van der Waals surface area contributed by atoms with Crippen molar-refractivity contribution in [3.8, 4) is 5.75 Å². The minimum atomic E-state index is -4.76. The number of carboxylic acid groups (broad SMARTS) is 1. The molecule has 0 bridgehead atoms. The number of aliphatic imine (C=N–C) groups is 1. The van der Waals surface area contributed by atoms with Crippen LogP contribution in [0.15, 0.2) is 52.6 Å². The Morgan fingerprint density at radius 2 is 1.86 bits per heavy atom. The second-order valence-corrected chi connectivity index (χ2v) is 11.9. The first-order valence-electron chi connectivity index (χ1n) is 11.0. The van der Waals surface area contributed by atoms with Gasteiger partial charge < -0.3 is 24.4 Å². The molecule has 0 radical (unpaired) electrons. The lowest BCUT2D eigenvalue weighted by Gasteiger charge is -2.26. The quantitative estimate of drug-likeness (QED) is 0.123. The Balaban J connectivity index is 1.78. The maximum absolute atomic E-state index is 12.3. The lowest BCUT2D eigenvalue weighted by atomic mass is 9.88. The molecule has 1 aliphatic carbocycles. The first kappa shape index (κ1) is 31.0. The van der Waals surface area contributed by atoms with Gasteiger partial charge in [0.25, 0.3) is 0 Å². The SMILES string of the molecule is CC1=C(C(=O)O)C(COCCCOCC(N=Cc2ccc(OC(F)(F)F)cc2)[C@@](C)(O)I)C(I)C=C1. The summed E-state index contributed by atoms with van der Waals surface area (Å²) in [5, 5.41) is 19.9. The second-order valence-electron chi connectivity index (χ2n) is 8.25. The van der Waals surface area contributed by atoms with Gasteiger partial charge >= 0.3 is 12.3 Å². The first-order chi connectivity index (χ1) is 16.8. The third kappa shape index (κ3) is 10.6.